The third-order valence-corrected chi connectivity index (χ3v) is 4.21. The smallest absolute Gasteiger partial charge is 0.324 e. The molecule has 0 aromatic heterocycles. The standard InChI is InChI=1S/C20H20N2O6/c21-28-18(23)9-7-13-6-8-16-15(10-13)22-20(25)17(27-16)11-19(24)26-12-14-4-2-1-3-5-14/h1-6,8,10,17H,7,9,11-12,21H2,(H,22,25)/t17-/m0/s1. The van der Waals surface area contributed by atoms with E-state index in [9.17, 15) is 14.4 Å². The lowest BCUT2D eigenvalue weighted by Gasteiger charge is -2.25. The lowest BCUT2D eigenvalue weighted by Crippen LogP contribution is -2.38. The van der Waals surface area contributed by atoms with Crippen molar-refractivity contribution in [1.82, 2.24) is 0 Å². The molecule has 3 N–H and O–H groups in total. The molecule has 1 atom stereocenters. The van der Waals surface area contributed by atoms with Crippen molar-refractivity contribution < 1.29 is 28.7 Å². The highest BCUT2D eigenvalue weighted by atomic mass is 16.7. The molecule has 146 valence electrons. The van der Waals surface area contributed by atoms with Crippen LogP contribution in [0, 0.1) is 0 Å². The van der Waals surface area contributed by atoms with E-state index in [1.807, 2.05) is 30.3 Å². The van der Waals surface area contributed by atoms with E-state index in [1.54, 1.807) is 18.2 Å². The molecule has 28 heavy (non-hydrogen) atoms. The Labute approximate surface area is 161 Å². The monoisotopic (exact) mass is 384 g/mol. The van der Waals surface area contributed by atoms with Gasteiger partial charge < -0.3 is 19.6 Å². The number of hydrogen-bond donors (Lipinski definition) is 2. The summed E-state index contributed by atoms with van der Waals surface area (Å²) in [5, 5.41) is 2.72. The zero-order chi connectivity index (χ0) is 19.9. The van der Waals surface area contributed by atoms with Crippen LogP contribution in [-0.4, -0.2) is 23.9 Å². The van der Waals surface area contributed by atoms with Gasteiger partial charge in [0.2, 0.25) is 0 Å². The molecule has 1 aliphatic rings. The molecule has 0 radical (unpaired) electrons. The minimum atomic E-state index is -0.964. The highest BCUT2D eigenvalue weighted by Crippen LogP contribution is 2.31. The number of ether oxygens (including phenoxy) is 2. The number of hydrogen-bond acceptors (Lipinski definition) is 7. The Morgan fingerprint density at radius 3 is 2.61 bits per heavy atom. The lowest BCUT2D eigenvalue weighted by molar-refractivity contribution is -0.149. The topological polar surface area (TPSA) is 117 Å². The van der Waals surface area contributed by atoms with E-state index in [-0.39, 0.29) is 19.4 Å². The van der Waals surface area contributed by atoms with E-state index >= 15 is 0 Å². The summed E-state index contributed by atoms with van der Waals surface area (Å²) in [6, 6.07) is 14.4. The molecular weight excluding hydrogens is 364 g/mol. The van der Waals surface area contributed by atoms with E-state index < -0.39 is 23.9 Å². The predicted molar refractivity (Wildman–Crippen MR) is 98.9 cm³/mol. The maximum absolute atomic E-state index is 12.3. The van der Waals surface area contributed by atoms with Gasteiger partial charge in [-0.25, -0.2) is 0 Å². The Morgan fingerprint density at radius 1 is 1.07 bits per heavy atom. The van der Waals surface area contributed by atoms with Crippen molar-refractivity contribution in [2.45, 2.75) is 32.0 Å². The van der Waals surface area contributed by atoms with Crippen LogP contribution in [0.3, 0.4) is 0 Å². The van der Waals surface area contributed by atoms with Crippen molar-refractivity contribution in [2.24, 2.45) is 5.90 Å². The number of amides is 1. The summed E-state index contributed by atoms with van der Waals surface area (Å²) in [4.78, 5) is 39.5. The molecule has 3 rings (SSSR count). The number of rotatable bonds is 7. The van der Waals surface area contributed by atoms with Gasteiger partial charge in [-0.15, -0.1) is 0 Å². The minimum Gasteiger partial charge on any atom is -0.478 e. The molecule has 2 aromatic rings. The molecule has 1 heterocycles. The Balaban J connectivity index is 1.56. The highest BCUT2D eigenvalue weighted by Gasteiger charge is 2.30. The molecule has 1 aliphatic heterocycles. The molecule has 0 unspecified atom stereocenters. The van der Waals surface area contributed by atoms with Crippen molar-refractivity contribution in [3.63, 3.8) is 0 Å². The molecule has 1 amide bonds. The first-order chi connectivity index (χ1) is 13.5. The van der Waals surface area contributed by atoms with Gasteiger partial charge in [-0.3, -0.25) is 14.4 Å². The van der Waals surface area contributed by atoms with Crippen LogP contribution >= 0.6 is 0 Å². The van der Waals surface area contributed by atoms with E-state index in [1.165, 1.54) is 0 Å². The SMILES string of the molecule is NOC(=O)CCc1ccc2c(c1)NC(=O)[C@H](CC(=O)OCc1ccccc1)O2. The predicted octanol–water partition coefficient (Wildman–Crippen LogP) is 1.87. The second kappa shape index (κ2) is 9.01. The molecule has 0 aliphatic carbocycles. The molecule has 0 saturated heterocycles. The van der Waals surface area contributed by atoms with E-state index in [4.69, 9.17) is 15.4 Å². The van der Waals surface area contributed by atoms with Crippen LogP contribution in [0.5, 0.6) is 5.75 Å². The van der Waals surface area contributed by atoms with Gasteiger partial charge in [-0.05, 0) is 29.7 Å². The third kappa shape index (κ3) is 5.08. The molecule has 0 saturated carbocycles. The van der Waals surface area contributed by atoms with Crippen LogP contribution in [-0.2, 0) is 37.0 Å². The first-order valence-corrected chi connectivity index (χ1v) is 8.74. The summed E-state index contributed by atoms with van der Waals surface area (Å²) in [6.45, 7) is 0.138. The summed E-state index contributed by atoms with van der Waals surface area (Å²) in [7, 11) is 0. The van der Waals surface area contributed by atoms with Crippen molar-refractivity contribution in [3.8, 4) is 5.75 Å². The maximum atomic E-state index is 12.3. The van der Waals surface area contributed by atoms with Gasteiger partial charge in [0.25, 0.3) is 5.91 Å². The highest BCUT2D eigenvalue weighted by molar-refractivity contribution is 5.99. The first kappa shape index (κ1) is 19.4. The summed E-state index contributed by atoms with van der Waals surface area (Å²) in [5.74, 6) is 3.79. The zero-order valence-electron chi connectivity index (χ0n) is 15.1. The van der Waals surface area contributed by atoms with Gasteiger partial charge in [-0.1, -0.05) is 36.4 Å². The van der Waals surface area contributed by atoms with Crippen molar-refractivity contribution in [1.29, 1.82) is 0 Å². The zero-order valence-corrected chi connectivity index (χ0v) is 15.1. The maximum Gasteiger partial charge on any atom is 0.324 e. The third-order valence-electron chi connectivity index (χ3n) is 4.21. The Kier molecular flexibility index (Phi) is 6.23. The van der Waals surface area contributed by atoms with Gasteiger partial charge in [0.15, 0.2) is 6.10 Å². The number of nitrogens with one attached hydrogen (secondary N) is 1. The Hall–Kier alpha value is -3.39. The molecule has 2 aromatic carbocycles. The van der Waals surface area contributed by atoms with Gasteiger partial charge in [-0.2, -0.15) is 5.90 Å². The Morgan fingerprint density at radius 2 is 1.86 bits per heavy atom. The largest absolute Gasteiger partial charge is 0.478 e. The minimum absolute atomic E-state index is 0.125. The van der Waals surface area contributed by atoms with Crippen molar-refractivity contribution in [2.75, 3.05) is 5.32 Å². The fraction of sp³-hybridized carbons (Fsp3) is 0.250. The first-order valence-electron chi connectivity index (χ1n) is 8.74. The van der Waals surface area contributed by atoms with Gasteiger partial charge in [0.1, 0.15) is 12.4 Å². The number of esters is 1. The quantitative estimate of drug-likeness (QED) is 0.553. The fourth-order valence-electron chi connectivity index (χ4n) is 2.74. The van der Waals surface area contributed by atoms with Gasteiger partial charge >= 0.3 is 11.9 Å². The van der Waals surface area contributed by atoms with E-state index in [0.717, 1.165) is 11.1 Å². The Bertz CT molecular complexity index is 868. The van der Waals surface area contributed by atoms with Gasteiger partial charge in [0.05, 0.1) is 18.5 Å². The molecule has 0 fully saturated rings. The lowest BCUT2D eigenvalue weighted by atomic mass is 10.1. The normalized spacial score (nSPS) is 15.0. The van der Waals surface area contributed by atoms with Crippen molar-refractivity contribution in [3.05, 3.63) is 59.7 Å². The molecule has 8 heteroatoms. The van der Waals surface area contributed by atoms with Crippen LogP contribution in [0.15, 0.2) is 48.5 Å². The number of benzene rings is 2. The van der Waals surface area contributed by atoms with Crippen molar-refractivity contribution >= 4 is 23.5 Å². The molecule has 0 spiro atoms. The van der Waals surface area contributed by atoms with Gasteiger partial charge in [0, 0.05) is 0 Å². The fourth-order valence-corrected chi connectivity index (χ4v) is 2.74. The van der Waals surface area contributed by atoms with Crippen LogP contribution < -0.4 is 16.0 Å². The second-order valence-electron chi connectivity index (χ2n) is 6.27. The molecule has 8 nitrogen and oxygen atoms in total. The molecular formula is C20H20N2O6. The average Bonchev–Trinajstić information content (AvgIpc) is 2.71. The number of carbonyl (C=O) groups is 3. The van der Waals surface area contributed by atoms with E-state index in [0.29, 0.717) is 17.9 Å². The second-order valence-corrected chi connectivity index (χ2v) is 6.27. The van der Waals surface area contributed by atoms with Crippen LogP contribution in [0.2, 0.25) is 0 Å². The summed E-state index contributed by atoms with van der Waals surface area (Å²) in [5.41, 5.74) is 2.16. The number of fused-ring (bicyclic) bond motifs is 1. The summed E-state index contributed by atoms with van der Waals surface area (Å²) >= 11 is 0. The number of aryl methyl sites for hydroxylation is 1. The number of nitrogens with two attached hydrogens (primary N) is 1. The van der Waals surface area contributed by atoms with Crippen LogP contribution in [0.1, 0.15) is 24.0 Å². The number of carbonyl (C=O) groups excluding carboxylic acids is 3. The summed E-state index contributed by atoms with van der Waals surface area (Å²) < 4.78 is 10.8. The molecule has 0 bridgehead atoms. The van der Waals surface area contributed by atoms with E-state index in [2.05, 4.69) is 10.2 Å². The average molecular weight is 384 g/mol. The van der Waals surface area contributed by atoms with Crippen LogP contribution in [0.25, 0.3) is 0 Å². The van der Waals surface area contributed by atoms with Crippen LogP contribution in [0.4, 0.5) is 5.69 Å². The summed E-state index contributed by atoms with van der Waals surface area (Å²) in [6.07, 6.45) is -0.620. The number of anilines is 1.